The molecule has 0 aliphatic carbocycles. The molecule has 0 spiro atoms. The molecule has 2 aromatic rings. The number of hydrogen-bond acceptors (Lipinski definition) is 10. The monoisotopic (exact) mass is 413 g/mol. The number of benzene rings is 1. The van der Waals surface area contributed by atoms with Gasteiger partial charge in [-0.2, -0.15) is 4.98 Å². The fourth-order valence-corrected chi connectivity index (χ4v) is 3.76. The number of H-pyrrole nitrogens is 1. The van der Waals surface area contributed by atoms with Gasteiger partial charge < -0.3 is 30.0 Å². The summed E-state index contributed by atoms with van der Waals surface area (Å²) in [6.07, 6.45) is -3.52. The van der Waals surface area contributed by atoms with Gasteiger partial charge in [0.25, 0.3) is 5.56 Å². The second kappa shape index (κ2) is 7.20. The molecule has 0 radical (unpaired) electrons. The molecule has 0 saturated carbocycles. The van der Waals surface area contributed by atoms with Crippen molar-refractivity contribution < 1.29 is 23.7 Å². The number of nitrogen functional groups attached to an aromatic ring is 1. The van der Waals surface area contributed by atoms with Gasteiger partial charge in [0, 0.05) is 12.5 Å². The summed E-state index contributed by atoms with van der Waals surface area (Å²) in [5.74, 6) is -0.376. The maximum absolute atomic E-state index is 12.3. The number of anilines is 2. The summed E-state index contributed by atoms with van der Waals surface area (Å²) in [5, 5.41) is 2.99. The zero-order chi connectivity index (χ0) is 20.8. The maximum atomic E-state index is 12.3. The Morgan fingerprint density at radius 2 is 2.07 bits per heavy atom. The lowest BCUT2D eigenvalue weighted by atomic mass is 9.96. The molecule has 1 aromatic carbocycles. The van der Waals surface area contributed by atoms with Crippen molar-refractivity contribution in [3.05, 3.63) is 46.2 Å². The molecule has 2 saturated heterocycles. The van der Waals surface area contributed by atoms with Crippen LogP contribution >= 0.6 is 0 Å². The quantitative estimate of drug-likeness (QED) is 0.602. The molecule has 0 amide bonds. The van der Waals surface area contributed by atoms with Crippen LogP contribution in [0.25, 0.3) is 0 Å². The van der Waals surface area contributed by atoms with Crippen molar-refractivity contribution in [2.45, 2.75) is 37.8 Å². The Labute approximate surface area is 170 Å². The summed E-state index contributed by atoms with van der Waals surface area (Å²) >= 11 is 0. The van der Waals surface area contributed by atoms with Crippen LogP contribution in [0.4, 0.5) is 17.5 Å². The van der Waals surface area contributed by atoms with Crippen molar-refractivity contribution in [3.8, 4) is 0 Å². The molecule has 11 nitrogen and oxygen atoms in total. The van der Waals surface area contributed by atoms with Gasteiger partial charge in [0.1, 0.15) is 17.9 Å². The third kappa shape index (κ3) is 3.22. The molecule has 30 heavy (non-hydrogen) atoms. The molecule has 2 fully saturated rings. The number of nitrogens with two attached hydrogens (primary N) is 1. The molecule has 11 heteroatoms. The van der Waals surface area contributed by atoms with E-state index < -0.39 is 42.4 Å². The molecule has 5 atom stereocenters. The van der Waals surface area contributed by atoms with E-state index in [1.54, 1.807) is 0 Å². The smallest absolute Gasteiger partial charge is 0.303 e. The van der Waals surface area contributed by atoms with Crippen molar-refractivity contribution in [3.63, 3.8) is 0 Å². The van der Waals surface area contributed by atoms with Crippen molar-refractivity contribution in [1.29, 1.82) is 0 Å². The highest BCUT2D eigenvalue weighted by Gasteiger charge is 2.51. The predicted molar refractivity (Wildman–Crippen MR) is 104 cm³/mol. The molecule has 4 N–H and O–H groups in total. The molecule has 1 aromatic heterocycles. The van der Waals surface area contributed by atoms with E-state index in [1.807, 2.05) is 30.3 Å². The van der Waals surface area contributed by atoms with E-state index in [9.17, 15) is 9.59 Å². The van der Waals surface area contributed by atoms with Crippen LogP contribution in [0, 0.1) is 0 Å². The average Bonchev–Trinajstić information content (AvgIpc) is 2.72. The number of ether oxygens (including phenoxy) is 4. The fraction of sp³-hybridized carbons (Fsp3) is 0.368. The van der Waals surface area contributed by atoms with Crippen LogP contribution in [0.15, 0.2) is 40.1 Å². The molecule has 5 rings (SSSR count). The van der Waals surface area contributed by atoms with E-state index in [0.29, 0.717) is 5.71 Å². The Morgan fingerprint density at radius 3 is 2.83 bits per heavy atom. The van der Waals surface area contributed by atoms with Gasteiger partial charge in [-0.1, -0.05) is 30.3 Å². The first-order valence-electron chi connectivity index (χ1n) is 9.39. The Balaban J connectivity index is 1.52. The minimum atomic E-state index is -0.876. The summed E-state index contributed by atoms with van der Waals surface area (Å²) in [4.78, 5) is 35.0. The van der Waals surface area contributed by atoms with Crippen LogP contribution in [-0.4, -0.2) is 52.8 Å². The summed E-state index contributed by atoms with van der Waals surface area (Å²) in [7, 11) is 0. The summed E-state index contributed by atoms with van der Waals surface area (Å²) < 4.78 is 23.6. The lowest BCUT2D eigenvalue weighted by Gasteiger charge is -2.46. The first-order valence-corrected chi connectivity index (χ1v) is 9.39. The van der Waals surface area contributed by atoms with Gasteiger partial charge in [0.15, 0.2) is 30.1 Å². The normalized spacial score (nSPS) is 29.5. The summed E-state index contributed by atoms with van der Waals surface area (Å²) in [6.45, 7) is 1.51. The maximum Gasteiger partial charge on any atom is 0.303 e. The predicted octanol–water partition coefficient (Wildman–Crippen LogP) is 0.621. The minimum absolute atomic E-state index is 0.0290. The van der Waals surface area contributed by atoms with Gasteiger partial charge in [0.2, 0.25) is 5.95 Å². The van der Waals surface area contributed by atoms with Gasteiger partial charge >= 0.3 is 5.97 Å². The number of carbonyl (C=O) groups excluding carboxylic acids is 1. The number of hydrogen-bond donors (Lipinski definition) is 3. The Hall–Kier alpha value is -3.28. The molecule has 4 heterocycles. The van der Waals surface area contributed by atoms with Crippen LogP contribution in [0.2, 0.25) is 0 Å². The van der Waals surface area contributed by atoms with Gasteiger partial charge in [-0.3, -0.25) is 14.6 Å². The number of rotatable bonds is 2. The van der Waals surface area contributed by atoms with E-state index in [4.69, 9.17) is 24.7 Å². The second-order valence-corrected chi connectivity index (χ2v) is 7.09. The molecule has 3 aliphatic rings. The van der Waals surface area contributed by atoms with E-state index in [2.05, 4.69) is 20.3 Å². The van der Waals surface area contributed by atoms with E-state index in [0.717, 1.165) is 5.56 Å². The number of carbonyl (C=O) groups is 1. The van der Waals surface area contributed by atoms with Gasteiger partial charge in [-0.05, 0) is 0 Å². The van der Waals surface area contributed by atoms with Gasteiger partial charge in [-0.25, -0.2) is 4.99 Å². The van der Waals surface area contributed by atoms with Crippen molar-refractivity contribution in [2.24, 2.45) is 4.99 Å². The largest absolute Gasteiger partial charge is 0.453 e. The molecular weight excluding hydrogens is 394 g/mol. The zero-order valence-electron chi connectivity index (χ0n) is 15.9. The highest BCUT2D eigenvalue weighted by molar-refractivity contribution is 6.01. The van der Waals surface area contributed by atoms with Crippen LogP contribution in [0.1, 0.15) is 18.8 Å². The first kappa shape index (κ1) is 18.7. The van der Waals surface area contributed by atoms with Crippen molar-refractivity contribution in [1.82, 2.24) is 9.97 Å². The van der Waals surface area contributed by atoms with Crippen LogP contribution in [0.5, 0.6) is 0 Å². The number of nitrogens with one attached hydrogen (secondary N) is 2. The number of aliphatic imine (C=N–C) groups is 1. The lowest BCUT2D eigenvalue weighted by Crippen LogP contribution is -2.63. The SMILES string of the molecule is CC(=O)O[C@@H]1C2=Nc3c(nc(N)[nH]c3=O)N[C@@H]2O[C@@H]2COC(c3ccccc3)O[C@H]12. The number of nitrogens with zero attached hydrogens (tertiary/aromatic N) is 2. The number of aromatic amines is 1. The molecule has 3 aliphatic heterocycles. The Bertz CT molecular complexity index is 1070. The van der Waals surface area contributed by atoms with Gasteiger partial charge in [-0.15, -0.1) is 0 Å². The van der Waals surface area contributed by atoms with Gasteiger partial charge in [0.05, 0.1) is 6.61 Å². The van der Waals surface area contributed by atoms with Crippen molar-refractivity contribution in [2.75, 3.05) is 17.7 Å². The average molecular weight is 413 g/mol. The fourth-order valence-electron chi connectivity index (χ4n) is 3.76. The van der Waals surface area contributed by atoms with E-state index in [1.165, 1.54) is 6.92 Å². The summed E-state index contributed by atoms with van der Waals surface area (Å²) in [6, 6.07) is 9.40. The Morgan fingerprint density at radius 1 is 1.27 bits per heavy atom. The minimum Gasteiger partial charge on any atom is -0.453 e. The van der Waals surface area contributed by atoms with E-state index >= 15 is 0 Å². The molecule has 1 unspecified atom stereocenters. The zero-order valence-corrected chi connectivity index (χ0v) is 15.9. The number of aromatic nitrogens is 2. The third-order valence-electron chi connectivity index (χ3n) is 5.02. The first-order chi connectivity index (χ1) is 14.5. The van der Waals surface area contributed by atoms with E-state index in [-0.39, 0.29) is 24.1 Å². The van der Waals surface area contributed by atoms with Crippen LogP contribution in [0.3, 0.4) is 0 Å². The topological polar surface area (TPSA) is 150 Å². The highest BCUT2D eigenvalue weighted by Crippen LogP contribution is 2.37. The highest BCUT2D eigenvalue weighted by atomic mass is 16.7. The third-order valence-corrected chi connectivity index (χ3v) is 5.02. The Kier molecular flexibility index (Phi) is 4.50. The van der Waals surface area contributed by atoms with Crippen LogP contribution in [-0.2, 0) is 23.7 Å². The molecular formula is C19H19N5O6. The standard InChI is InChI=1S/C19H19N5O6/c1-8(25)28-14-11-17(22-15-12(21-11)16(26)24-19(20)23-15)29-10-7-27-18(30-13(10)14)9-5-3-2-4-6-9/h2-6,10,13-14,17-18H,7H2,1H3,(H4,20,22,23,24,26)/t10-,13+,14-,17-,18?/m1/s1. The molecule has 156 valence electrons. The number of esters is 1. The number of fused-ring (bicyclic) bond motifs is 3. The van der Waals surface area contributed by atoms with Crippen LogP contribution < -0.4 is 16.6 Å². The molecule has 0 bridgehead atoms. The van der Waals surface area contributed by atoms with Crippen molar-refractivity contribution >= 4 is 29.1 Å². The second-order valence-electron chi connectivity index (χ2n) is 7.09. The lowest BCUT2D eigenvalue weighted by molar-refractivity contribution is -0.289. The summed E-state index contributed by atoms with van der Waals surface area (Å²) in [5.41, 5.74) is 6.26.